The van der Waals surface area contributed by atoms with Crippen LogP contribution in [0.15, 0.2) is 41.9 Å². The number of nitrogens with zero attached hydrogens (tertiary/aromatic N) is 11. The SMILES string of the molecule is [C-]#[N+]c1c(OCCCCN2CC(=O)N(CC)c3nc(-c4ccc(-c5ncn[nH]5)nc4C)cnc32)cc(N2C(=O)C3CC(C(F)(F)F)=NN3C2=O)cc1C(F)(F)F. The number of rotatable bonds is 10. The first-order valence-electron chi connectivity index (χ1n) is 16.9. The Hall–Kier alpha value is -6.66. The smallest absolute Gasteiger partial charge is 0.431 e. The summed E-state index contributed by atoms with van der Waals surface area (Å²) in [7, 11) is 0. The summed E-state index contributed by atoms with van der Waals surface area (Å²) in [5.41, 5.74) is -2.09. The minimum absolute atomic E-state index is 0.0224. The van der Waals surface area contributed by atoms with Gasteiger partial charge in [0.1, 0.15) is 29.5 Å². The Labute approximate surface area is 312 Å². The second-order valence-corrected chi connectivity index (χ2v) is 12.7. The average Bonchev–Trinajstić information content (AvgIpc) is 3.90. The van der Waals surface area contributed by atoms with Crippen LogP contribution >= 0.6 is 0 Å². The molecule has 3 aromatic heterocycles. The number of urea groups is 1. The lowest BCUT2D eigenvalue weighted by Gasteiger charge is -2.35. The van der Waals surface area contributed by atoms with E-state index >= 15 is 0 Å². The van der Waals surface area contributed by atoms with E-state index in [0.717, 1.165) is 6.07 Å². The number of likely N-dealkylation sites (N-methyl/N-ethyl adjacent to an activating group) is 1. The maximum absolute atomic E-state index is 14.2. The van der Waals surface area contributed by atoms with Gasteiger partial charge in [-0.05, 0) is 51.0 Å². The van der Waals surface area contributed by atoms with E-state index in [0.29, 0.717) is 64.0 Å². The summed E-state index contributed by atoms with van der Waals surface area (Å²) < 4.78 is 87.7. The van der Waals surface area contributed by atoms with E-state index in [2.05, 4.69) is 35.1 Å². The van der Waals surface area contributed by atoms with Crippen molar-refractivity contribution in [1.29, 1.82) is 0 Å². The highest BCUT2D eigenvalue weighted by Gasteiger charge is 2.55. The van der Waals surface area contributed by atoms with E-state index in [4.69, 9.17) is 16.3 Å². The number of H-pyrrole nitrogens is 1. The predicted octanol–water partition coefficient (Wildman–Crippen LogP) is 5.69. The van der Waals surface area contributed by atoms with Crippen LogP contribution in [0, 0.1) is 13.5 Å². The molecule has 22 heteroatoms. The van der Waals surface area contributed by atoms with E-state index < -0.39 is 65.2 Å². The van der Waals surface area contributed by atoms with Gasteiger partial charge in [0.25, 0.3) is 5.91 Å². The zero-order chi connectivity index (χ0) is 40.1. The van der Waals surface area contributed by atoms with Crippen molar-refractivity contribution in [2.75, 3.05) is 40.9 Å². The second kappa shape index (κ2) is 14.2. The van der Waals surface area contributed by atoms with Crippen LogP contribution in [0.1, 0.15) is 37.4 Å². The van der Waals surface area contributed by atoms with Crippen LogP contribution in [0.3, 0.4) is 0 Å². The number of alkyl halides is 6. The normalized spacial score (nSPS) is 17.0. The molecule has 1 atom stereocenters. The molecule has 56 heavy (non-hydrogen) atoms. The first-order chi connectivity index (χ1) is 26.6. The van der Waals surface area contributed by atoms with Gasteiger partial charge in [0.05, 0.1) is 42.9 Å². The van der Waals surface area contributed by atoms with Gasteiger partial charge < -0.3 is 9.64 Å². The number of ether oxygens (including phenoxy) is 1. The van der Waals surface area contributed by atoms with E-state index in [-0.39, 0.29) is 37.0 Å². The Morgan fingerprint density at radius 1 is 1.00 bits per heavy atom. The summed E-state index contributed by atoms with van der Waals surface area (Å²) in [6, 6.07) is 1.78. The molecule has 1 aromatic carbocycles. The van der Waals surface area contributed by atoms with Crippen molar-refractivity contribution in [3.05, 3.63) is 59.5 Å². The number of halogens is 6. The number of aryl methyl sites for hydroxylation is 1. The molecule has 0 bridgehead atoms. The third kappa shape index (κ3) is 6.79. The van der Waals surface area contributed by atoms with E-state index in [1.807, 2.05) is 6.07 Å². The number of amides is 4. The molecule has 7 rings (SSSR count). The van der Waals surface area contributed by atoms with Crippen LogP contribution in [-0.4, -0.2) is 97.2 Å². The van der Waals surface area contributed by atoms with Crippen molar-refractivity contribution in [2.45, 2.75) is 51.5 Å². The lowest BCUT2D eigenvalue weighted by Crippen LogP contribution is -2.47. The molecule has 0 saturated carbocycles. The molecule has 0 spiro atoms. The average molecular weight is 783 g/mol. The molecule has 4 aromatic rings. The van der Waals surface area contributed by atoms with Crippen LogP contribution in [0.2, 0.25) is 0 Å². The van der Waals surface area contributed by atoms with Crippen molar-refractivity contribution < 1.29 is 45.5 Å². The summed E-state index contributed by atoms with van der Waals surface area (Å²) in [5, 5.41) is 10.1. The van der Waals surface area contributed by atoms with Crippen LogP contribution in [0.25, 0.3) is 27.6 Å². The molecule has 3 aliphatic heterocycles. The zero-order valence-electron chi connectivity index (χ0n) is 29.3. The number of carbonyl (C=O) groups is 3. The first kappa shape index (κ1) is 37.6. The van der Waals surface area contributed by atoms with Gasteiger partial charge in [0, 0.05) is 30.8 Å². The van der Waals surface area contributed by atoms with Crippen LogP contribution in [0.4, 0.5) is 54.1 Å². The standard InChI is InChI=1S/C34H28F6N12O4/c1-4-50-26(53)15-49(29-30(50)46-22(14-42-29)19-7-8-21(45-17(19)2)28-43-16-44-47-28)9-5-6-10-56-24-12-18(11-20(27(24)41-3)33(35,36)37)51-31(54)23-13-25(34(38,39)40)48-52(23)32(51)55/h7-8,11-12,14,16,23H,4-6,9-10,13,15H2,1-2H3,(H,43,44,47). The molecule has 290 valence electrons. The van der Waals surface area contributed by atoms with Gasteiger partial charge in [-0.15, -0.1) is 0 Å². The van der Waals surface area contributed by atoms with Gasteiger partial charge in [-0.25, -0.2) is 39.5 Å². The molecule has 0 aliphatic carbocycles. The monoisotopic (exact) mass is 782 g/mol. The quantitative estimate of drug-likeness (QED) is 0.0913. The van der Waals surface area contributed by atoms with Crippen molar-refractivity contribution in [3.8, 4) is 28.5 Å². The fourth-order valence-electron chi connectivity index (χ4n) is 6.54. The minimum atomic E-state index is -5.13. The van der Waals surface area contributed by atoms with Crippen LogP contribution < -0.4 is 19.4 Å². The highest BCUT2D eigenvalue weighted by atomic mass is 19.4. The lowest BCUT2D eigenvalue weighted by molar-refractivity contribution is -0.137. The molecule has 1 unspecified atom stereocenters. The predicted molar refractivity (Wildman–Crippen MR) is 185 cm³/mol. The number of aromatic amines is 1. The van der Waals surface area contributed by atoms with Crippen molar-refractivity contribution in [3.63, 3.8) is 0 Å². The molecular formula is C34H28F6N12O4. The number of carbonyl (C=O) groups excluding carboxylic acids is 3. The first-order valence-corrected chi connectivity index (χ1v) is 16.9. The number of hydrogen-bond donors (Lipinski definition) is 1. The molecule has 16 nitrogen and oxygen atoms in total. The van der Waals surface area contributed by atoms with Gasteiger partial charge in [0.15, 0.2) is 17.5 Å². The van der Waals surface area contributed by atoms with Crippen molar-refractivity contribution >= 4 is 46.6 Å². The number of pyridine rings is 1. The summed E-state index contributed by atoms with van der Waals surface area (Å²) >= 11 is 0. The Morgan fingerprint density at radius 2 is 1.79 bits per heavy atom. The summed E-state index contributed by atoms with van der Waals surface area (Å²) in [6.07, 6.45) is -7.53. The molecular weight excluding hydrogens is 754 g/mol. The number of unbranched alkanes of at least 4 members (excludes halogenated alkanes) is 1. The number of imide groups is 1. The van der Waals surface area contributed by atoms with E-state index in [1.165, 1.54) is 11.2 Å². The second-order valence-electron chi connectivity index (χ2n) is 12.7. The third-order valence-corrected chi connectivity index (χ3v) is 9.20. The fraction of sp³-hybridized carbons (Fsp3) is 0.353. The molecule has 0 radical (unpaired) electrons. The Kier molecular flexibility index (Phi) is 9.55. The topological polar surface area (TPSA) is 170 Å². The summed E-state index contributed by atoms with van der Waals surface area (Å²) in [4.78, 5) is 63.8. The minimum Gasteiger partial charge on any atom is -0.505 e. The van der Waals surface area contributed by atoms with Gasteiger partial charge >= 0.3 is 18.4 Å². The van der Waals surface area contributed by atoms with Gasteiger partial charge in [-0.1, -0.05) is 0 Å². The molecule has 1 saturated heterocycles. The van der Waals surface area contributed by atoms with Gasteiger partial charge in [0.2, 0.25) is 11.6 Å². The fourth-order valence-corrected chi connectivity index (χ4v) is 6.54. The molecule has 4 amide bonds. The van der Waals surface area contributed by atoms with Gasteiger partial charge in [-0.2, -0.15) is 36.5 Å². The Bertz CT molecular complexity index is 2310. The molecule has 1 N–H and O–H groups in total. The number of benzene rings is 1. The summed E-state index contributed by atoms with van der Waals surface area (Å²) in [6.45, 7) is 11.4. The van der Waals surface area contributed by atoms with E-state index in [1.54, 1.807) is 31.0 Å². The maximum atomic E-state index is 14.2. The Morgan fingerprint density at radius 3 is 2.43 bits per heavy atom. The maximum Gasteiger partial charge on any atom is 0.431 e. The number of fused-ring (bicyclic) bond motifs is 2. The lowest BCUT2D eigenvalue weighted by atomic mass is 10.1. The highest BCUT2D eigenvalue weighted by molar-refractivity contribution is 6.23. The third-order valence-electron chi connectivity index (χ3n) is 9.20. The highest BCUT2D eigenvalue weighted by Crippen LogP contribution is 2.46. The van der Waals surface area contributed by atoms with Crippen molar-refractivity contribution in [2.24, 2.45) is 5.10 Å². The summed E-state index contributed by atoms with van der Waals surface area (Å²) in [5.74, 6) is -0.778. The number of hydrogen-bond acceptors (Lipinski definition) is 11. The van der Waals surface area contributed by atoms with E-state index in [9.17, 15) is 40.7 Å². The Balaban J connectivity index is 1.06. The largest absolute Gasteiger partial charge is 0.505 e. The van der Waals surface area contributed by atoms with Gasteiger partial charge in [-0.3, -0.25) is 19.6 Å². The number of hydrazone groups is 1. The number of aromatic nitrogens is 6. The molecule has 3 aliphatic rings. The van der Waals surface area contributed by atoms with Crippen LogP contribution in [-0.2, 0) is 15.8 Å². The number of nitrogens with one attached hydrogen (secondary N) is 1. The van der Waals surface area contributed by atoms with Crippen LogP contribution in [0.5, 0.6) is 5.75 Å². The zero-order valence-corrected chi connectivity index (χ0v) is 29.3. The van der Waals surface area contributed by atoms with Crippen molar-refractivity contribution in [1.82, 2.24) is 35.1 Å². The molecule has 1 fully saturated rings. The number of anilines is 3. The molecule has 6 heterocycles.